The highest BCUT2D eigenvalue weighted by Gasteiger charge is 2.33. The Kier molecular flexibility index (Phi) is 11.1. The fraction of sp³-hybridized carbons (Fsp3) is 0.394. The van der Waals surface area contributed by atoms with E-state index in [1.807, 2.05) is 77.9 Å². The molecule has 41 heavy (non-hydrogen) atoms. The first-order chi connectivity index (χ1) is 19.4. The monoisotopic (exact) mass is 577 g/mol. The van der Waals surface area contributed by atoms with Gasteiger partial charge in [-0.2, -0.15) is 0 Å². The molecule has 1 atom stereocenters. The van der Waals surface area contributed by atoms with Gasteiger partial charge in [0.15, 0.2) is 0 Å². The lowest BCUT2D eigenvalue weighted by atomic mass is 10.1. The molecule has 0 spiro atoms. The number of nitrogens with zero attached hydrogens (tertiary/aromatic N) is 2. The maximum atomic E-state index is 14.1. The first-order valence-electron chi connectivity index (χ1n) is 14.2. The van der Waals surface area contributed by atoms with Gasteiger partial charge in [0.2, 0.25) is 11.8 Å². The Balaban J connectivity index is 2.03. The summed E-state index contributed by atoms with van der Waals surface area (Å²) >= 11 is 0. The summed E-state index contributed by atoms with van der Waals surface area (Å²) < 4.78 is 29.2. The van der Waals surface area contributed by atoms with Crippen molar-refractivity contribution >= 4 is 27.5 Å². The second-order valence-corrected chi connectivity index (χ2v) is 12.9. The third-order valence-corrected chi connectivity index (χ3v) is 8.73. The van der Waals surface area contributed by atoms with Gasteiger partial charge in [-0.3, -0.25) is 13.9 Å². The molecule has 0 bridgehead atoms. The van der Waals surface area contributed by atoms with Crippen molar-refractivity contribution in [3.63, 3.8) is 0 Å². The van der Waals surface area contributed by atoms with E-state index in [0.717, 1.165) is 22.3 Å². The van der Waals surface area contributed by atoms with Crippen molar-refractivity contribution in [3.05, 3.63) is 95.1 Å². The van der Waals surface area contributed by atoms with Gasteiger partial charge in [-0.25, -0.2) is 8.42 Å². The smallest absolute Gasteiger partial charge is 0.264 e. The summed E-state index contributed by atoms with van der Waals surface area (Å²) in [5.41, 5.74) is 4.15. The van der Waals surface area contributed by atoms with Gasteiger partial charge in [-0.15, -0.1) is 0 Å². The number of rotatable bonds is 13. The minimum Gasteiger partial charge on any atom is -0.354 e. The highest BCUT2D eigenvalue weighted by Crippen LogP contribution is 2.27. The molecule has 0 saturated carbocycles. The maximum absolute atomic E-state index is 14.1. The third-order valence-electron chi connectivity index (χ3n) is 6.94. The fourth-order valence-electron chi connectivity index (χ4n) is 4.78. The molecule has 7 nitrogen and oxygen atoms in total. The number of amides is 2. The Hall–Kier alpha value is -3.65. The zero-order chi connectivity index (χ0) is 30.2. The third kappa shape index (κ3) is 8.67. The van der Waals surface area contributed by atoms with Crippen molar-refractivity contribution in [2.75, 3.05) is 23.9 Å². The normalized spacial score (nSPS) is 12.2. The van der Waals surface area contributed by atoms with Crippen molar-refractivity contribution in [3.8, 4) is 0 Å². The second-order valence-electron chi connectivity index (χ2n) is 11.1. The van der Waals surface area contributed by atoms with Crippen LogP contribution in [0.3, 0.4) is 0 Å². The van der Waals surface area contributed by atoms with E-state index < -0.39 is 28.5 Å². The molecule has 0 unspecified atom stereocenters. The average Bonchev–Trinajstić information content (AvgIpc) is 2.92. The zero-order valence-electron chi connectivity index (χ0n) is 25.1. The van der Waals surface area contributed by atoms with E-state index in [1.54, 1.807) is 41.3 Å². The Morgan fingerprint density at radius 2 is 1.46 bits per heavy atom. The molecule has 3 rings (SSSR count). The van der Waals surface area contributed by atoms with Crippen LogP contribution in [0, 0.1) is 26.7 Å². The van der Waals surface area contributed by atoms with Gasteiger partial charge in [0.1, 0.15) is 12.6 Å². The van der Waals surface area contributed by atoms with Gasteiger partial charge < -0.3 is 10.2 Å². The number of aryl methyl sites for hydroxylation is 3. The Morgan fingerprint density at radius 3 is 2.02 bits per heavy atom. The van der Waals surface area contributed by atoms with E-state index in [4.69, 9.17) is 0 Å². The van der Waals surface area contributed by atoms with E-state index in [9.17, 15) is 18.0 Å². The number of carbonyl (C=O) groups is 2. The lowest BCUT2D eigenvalue weighted by Gasteiger charge is -2.33. The zero-order valence-corrected chi connectivity index (χ0v) is 25.9. The molecule has 2 amide bonds. The summed E-state index contributed by atoms with van der Waals surface area (Å²) in [6.45, 7) is 11.9. The molecule has 0 heterocycles. The molecule has 0 aliphatic heterocycles. The predicted molar refractivity (Wildman–Crippen MR) is 165 cm³/mol. The van der Waals surface area contributed by atoms with Gasteiger partial charge in [-0.1, -0.05) is 74.9 Å². The molecule has 8 heteroatoms. The molecule has 3 aromatic carbocycles. The fourth-order valence-corrected chi connectivity index (χ4v) is 6.18. The first-order valence-corrected chi connectivity index (χ1v) is 15.6. The number of hydrogen-bond acceptors (Lipinski definition) is 4. The maximum Gasteiger partial charge on any atom is 0.264 e. The van der Waals surface area contributed by atoms with Crippen molar-refractivity contribution in [1.82, 2.24) is 10.2 Å². The van der Waals surface area contributed by atoms with Gasteiger partial charge >= 0.3 is 0 Å². The number of sulfonamides is 1. The van der Waals surface area contributed by atoms with E-state index in [1.165, 1.54) is 4.31 Å². The van der Waals surface area contributed by atoms with Crippen LogP contribution >= 0.6 is 0 Å². The van der Waals surface area contributed by atoms with E-state index >= 15 is 0 Å². The number of hydrogen-bond donors (Lipinski definition) is 1. The first kappa shape index (κ1) is 31.9. The van der Waals surface area contributed by atoms with Gasteiger partial charge in [0.25, 0.3) is 10.0 Å². The molecule has 0 saturated heterocycles. The van der Waals surface area contributed by atoms with Crippen molar-refractivity contribution in [1.29, 1.82) is 0 Å². The molecule has 220 valence electrons. The molecule has 0 aliphatic rings. The van der Waals surface area contributed by atoms with Gasteiger partial charge in [-0.05, 0) is 80.5 Å². The summed E-state index contributed by atoms with van der Waals surface area (Å²) in [6.07, 6.45) is 0.938. The summed E-state index contributed by atoms with van der Waals surface area (Å²) in [5.74, 6) is -0.408. The number of carbonyl (C=O) groups excluding carboxylic acids is 2. The highest BCUT2D eigenvalue weighted by atomic mass is 32.2. The highest BCUT2D eigenvalue weighted by molar-refractivity contribution is 7.92. The van der Waals surface area contributed by atoms with Crippen molar-refractivity contribution in [2.24, 2.45) is 5.92 Å². The predicted octanol–water partition coefficient (Wildman–Crippen LogP) is 5.43. The Morgan fingerprint density at radius 1 is 0.854 bits per heavy atom. The number of benzene rings is 3. The molecule has 0 fully saturated rings. The van der Waals surface area contributed by atoms with Crippen molar-refractivity contribution in [2.45, 2.75) is 65.3 Å². The minimum absolute atomic E-state index is 0.104. The quantitative estimate of drug-likeness (QED) is 0.294. The topological polar surface area (TPSA) is 86.8 Å². The van der Waals surface area contributed by atoms with E-state index in [2.05, 4.69) is 5.32 Å². The molecular weight excluding hydrogens is 534 g/mol. The van der Waals surface area contributed by atoms with Crippen LogP contribution < -0.4 is 9.62 Å². The Bertz CT molecular complexity index is 1400. The molecule has 0 aromatic heterocycles. The van der Waals surface area contributed by atoms with E-state index in [0.29, 0.717) is 25.1 Å². The number of nitrogens with one attached hydrogen (secondary N) is 1. The van der Waals surface area contributed by atoms with Crippen LogP contribution in [0.25, 0.3) is 0 Å². The van der Waals surface area contributed by atoms with Crippen LogP contribution in [-0.4, -0.2) is 50.8 Å². The SMILES string of the molecule is CC[C@@H](C(=O)NCC(C)C)N(CCc1ccccc1)C(=O)CN(c1cc(C)cc(C)c1)S(=O)(=O)c1ccc(C)cc1. The molecule has 0 aliphatic carbocycles. The average molecular weight is 578 g/mol. The second kappa shape index (κ2) is 14.3. The summed E-state index contributed by atoms with van der Waals surface area (Å²) in [7, 11) is -4.09. The van der Waals surface area contributed by atoms with Gasteiger partial charge in [0.05, 0.1) is 10.6 Å². The van der Waals surface area contributed by atoms with Crippen LogP contribution in [0.1, 0.15) is 49.4 Å². The van der Waals surface area contributed by atoms with Crippen molar-refractivity contribution < 1.29 is 18.0 Å². The van der Waals surface area contributed by atoms with Gasteiger partial charge in [0, 0.05) is 13.1 Å². The van der Waals surface area contributed by atoms with Crippen LogP contribution in [0.4, 0.5) is 5.69 Å². The summed E-state index contributed by atoms with van der Waals surface area (Å²) in [6, 6.07) is 21.1. The standard InChI is InChI=1S/C33H43N3O4S/c1-7-31(33(38)34-22-24(2)3)35(18-17-28-11-9-8-10-12-28)32(37)23-36(29-20-26(5)19-27(6)21-29)41(39,40)30-15-13-25(4)14-16-30/h8-16,19-21,24,31H,7,17-18,22-23H2,1-6H3,(H,34,38)/t31-/m0/s1. The Labute approximate surface area is 245 Å². The minimum atomic E-state index is -4.09. The lowest BCUT2D eigenvalue weighted by molar-refractivity contribution is -0.139. The summed E-state index contributed by atoms with van der Waals surface area (Å²) in [4.78, 5) is 29.1. The van der Waals surface area contributed by atoms with Crippen LogP contribution in [0.15, 0.2) is 77.7 Å². The van der Waals surface area contributed by atoms with Crippen LogP contribution in [0.5, 0.6) is 0 Å². The molecule has 0 radical (unpaired) electrons. The van der Waals surface area contributed by atoms with Crippen LogP contribution in [0.2, 0.25) is 0 Å². The molecule has 1 N–H and O–H groups in total. The lowest BCUT2D eigenvalue weighted by Crippen LogP contribution is -2.53. The van der Waals surface area contributed by atoms with Crippen LogP contribution in [-0.2, 0) is 26.0 Å². The molecular formula is C33H43N3O4S. The molecule has 3 aromatic rings. The summed E-state index contributed by atoms with van der Waals surface area (Å²) in [5, 5.41) is 2.96. The largest absolute Gasteiger partial charge is 0.354 e. The number of anilines is 1. The van der Waals surface area contributed by atoms with E-state index in [-0.39, 0.29) is 23.3 Å².